The molecule has 1 unspecified atom stereocenters. The average Bonchev–Trinajstić information content (AvgIpc) is 2.75. The molecule has 0 heterocycles. The first-order chi connectivity index (χ1) is 15.7. The zero-order valence-electron chi connectivity index (χ0n) is 21.1. The molecule has 0 radical (unpaired) electrons. The number of aliphatic hydroxyl groups is 1. The van der Waals surface area contributed by atoms with E-state index in [9.17, 15) is 5.11 Å². The molecule has 6 heteroatoms. The standard InChI is InChI=1S/C27H40O5Si/c1-7-31-17-32-26-24(29-2)21(23(28)8-9-33(4,5)6)13-22(25(26)30-3)27-14-18-10-19(15-27)12-20(11-18)16-27/h13,18-20,23,28H,7,10-12,14-17H2,1-6H3. The van der Waals surface area contributed by atoms with E-state index >= 15 is 0 Å². The highest BCUT2D eigenvalue weighted by atomic mass is 28.3. The quantitative estimate of drug-likeness (QED) is 0.236. The third kappa shape index (κ3) is 4.92. The highest BCUT2D eigenvalue weighted by Crippen LogP contribution is 2.63. The maximum absolute atomic E-state index is 11.2. The highest BCUT2D eigenvalue weighted by Gasteiger charge is 2.53. The summed E-state index contributed by atoms with van der Waals surface area (Å²) in [5, 5.41) is 11.2. The van der Waals surface area contributed by atoms with Crippen LogP contribution in [0.2, 0.25) is 19.6 Å². The van der Waals surface area contributed by atoms with E-state index in [-0.39, 0.29) is 12.2 Å². The van der Waals surface area contributed by atoms with Gasteiger partial charge in [0, 0.05) is 17.7 Å². The fraction of sp³-hybridized carbons (Fsp3) is 0.704. The fourth-order valence-corrected chi connectivity index (χ4v) is 7.34. The molecule has 0 saturated heterocycles. The van der Waals surface area contributed by atoms with Gasteiger partial charge in [-0.05, 0) is 74.7 Å². The van der Waals surface area contributed by atoms with Crippen LogP contribution in [0.15, 0.2) is 6.07 Å². The van der Waals surface area contributed by atoms with E-state index in [4.69, 9.17) is 18.9 Å². The van der Waals surface area contributed by atoms with Gasteiger partial charge in [0.25, 0.3) is 0 Å². The van der Waals surface area contributed by atoms with Crippen molar-refractivity contribution in [3.63, 3.8) is 0 Å². The lowest BCUT2D eigenvalue weighted by Crippen LogP contribution is -2.48. The van der Waals surface area contributed by atoms with Crippen molar-refractivity contribution in [1.29, 1.82) is 0 Å². The number of ether oxygens (including phenoxy) is 4. The summed E-state index contributed by atoms with van der Waals surface area (Å²) >= 11 is 0. The van der Waals surface area contributed by atoms with Crippen LogP contribution in [0.5, 0.6) is 17.2 Å². The topological polar surface area (TPSA) is 57.2 Å². The molecule has 1 N–H and O–H groups in total. The van der Waals surface area contributed by atoms with Crippen LogP contribution < -0.4 is 14.2 Å². The SMILES string of the molecule is CCOCOc1c(OC)c(C(O)C#C[Si](C)(C)C)cc(C23CC4CC(CC(C4)C2)C3)c1OC. The van der Waals surface area contributed by atoms with Crippen molar-refractivity contribution in [2.45, 2.75) is 76.6 Å². The Morgan fingerprint density at radius 2 is 1.58 bits per heavy atom. The second-order valence-corrected chi connectivity index (χ2v) is 16.0. The molecule has 1 aromatic carbocycles. The van der Waals surface area contributed by atoms with Gasteiger partial charge in [-0.25, -0.2) is 0 Å². The Balaban J connectivity index is 1.86. The Bertz CT molecular complexity index is 888. The molecule has 4 fully saturated rings. The molecule has 0 aromatic heterocycles. The van der Waals surface area contributed by atoms with Crippen molar-refractivity contribution in [1.82, 2.24) is 0 Å². The lowest BCUT2D eigenvalue weighted by molar-refractivity contribution is -0.00737. The number of hydrogen-bond donors (Lipinski definition) is 1. The van der Waals surface area contributed by atoms with Gasteiger partial charge in [0.1, 0.15) is 14.2 Å². The van der Waals surface area contributed by atoms with E-state index in [1.807, 2.05) is 6.92 Å². The fourth-order valence-electron chi connectivity index (χ4n) is 6.77. The number of benzene rings is 1. The normalized spacial score (nSPS) is 28.8. The summed E-state index contributed by atoms with van der Waals surface area (Å²) < 4.78 is 23.4. The minimum absolute atomic E-state index is 0.0662. The zero-order valence-corrected chi connectivity index (χ0v) is 22.1. The second kappa shape index (κ2) is 9.52. The molecule has 4 aliphatic rings. The largest absolute Gasteiger partial charge is 0.492 e. The van der Waals surface area contributed by atoms with E-state index in [0.29, 0.717) is 23.7 Å². The number of hydrogen-bond acceptors (Lipinski definition) is 5. The zero-order chi connectivity index (χ0) is 23.8. The maximum Gasteiger partial charge on any atom is 0.206 e. The van der Waals surface area contributed by atoms with Crippen LogP contribution in [0.25, 0.3) is 0 Å². The van der Waals surface area contributed by atoms with Gasteiger partial charge in [-0.3, -0.25) is 0 Å². The van der Waals surface area contributed by atoms with Gasteiger partial charge >= 0.3 is 0 Å². The lowest BCUT2D eigenvalue weighted by Gasteiger charge is -2.57. The molecule has 4 bridgehead atoms. The first kappa shape index (κ1) is 24.4. The minimum Gasteiger partial charge on any atom is -0.492 e. The number of aliphatic hydroxyl groups excluding tert-OH is 1. The third-order valence-corrected chi connectivity index (χ3v) is 8.50. The van der Waals surface area contributed by atoms with Crippen LogP contribution in [0, 0.1) is 29.2 Å². The molecule has 4 aliphatic carbocycles. The third-order valence-electron chi connectivity index (χ3n) is 7.61. The van der Waals surface area contributed by atoms with E-state index in [1.165, 1.54) is 38.5 Å². The van der Waals surface area contributed by atoms with Gasteiger partial charge in [0.05, 0.1) is 14.2 Å². The molecule has 1 aromatic rings. The van der Waals surface area contributed by atoms with Crippen LogP contribution in [-0.2, 0) is 10.2 Å². The summed E-state index contributed by atoms with van der Waals surface area (Å²) in [5.41, 5.74) is 5.20. The molecule has 1 atom stereocenters. The predicted octanol–water partition coefficient (Wildman–Crippen LogP) is 5.46. The number of methoxy groups -OCH3 is 2. The molecular weight excluding hydrogens is 432 g/mol. The van der Waals surface area contributed by atoms with Crippen molar-refractivity contribution >= 4 is 8.07 Å². The van der Waals surface area contributed by atoms with Crippen molar-refractivity contribution in [3.05, 3.63) is 17.2 Å². The summed E-state index contributed by atoms with van der Waals surface area (Å²) in [6.07, 6.45) is 6.70. The monoisotopic (exact) mass is 472 g/mol. The molecular formula is C27H40O5Si. The molecule has 0 spiro atoms. The van der Waals surface area contributed by atoms with Crippen LogP contribution in [0.3, 0.4) is 0 Å². The van der Waals surface area contributed by atoms with Gasteiger partial charge in [0.15, 0.2) is 18.3 Å². The first-order valence-electron chi connectivity index (χ1n) is 12.4. The lowest BCUT2D eigenvalue weighted by atomic mass is 9.48. The van der Waals surface area contributed by atoms with E-state index in [1.54, 1.807) is 14.2 Å². The Morgan fingerprint density at radius 1 is 1.00 bits per heavy atom. The van der Waals surface area contributed by atoms with E-state index < -0.39 is 14.2 Å². The molecule has 0 aliphatic heterocycles. The van der Waals surface area contributed by atoms with Gasteiger partial charge < -0.3 is 24.1 Å². The summed E-state index contributed by atoms with van der Waals surface area (Å²) in [6, 6.07) is 2.11. The molecule has 33 heavy (non-hydrogen) atoms. The second-order valence-electron chi connectivity index (χ2n) is 11.3. The van der Waals surface area contributed by atoms with Crippen molar-refractivity contribution < 1.29 is 24.1 Å². The smallest absolute Gasteiger partial charge is 0.206 e. The Labute approximate surface area is 200 Å². The van der Waals surface area contributed by atoms with Gasteiger partial charge in [0.2, 0.25) is 5.75 Å². The first-order valence-corrected chi connectivity index (χ1v) is 15.9. The Kier molecular flexibility index (Phi) is 7.05. The maximum atomic E-state index is 11.2. The summed E-state index contributed by atoms with van der Waals surface area (Å²) in [6.45, 7) is 9.12. The minimum atomic E-state index is -1.65. The highest BCUT2D eigenvalue weighted by molar-refractivity contribution is 6.83. The van der Waals surface area contributed by atoms with Crippen LogP contribution in [0.4, 0.5) is 0 Å². The summed E-state index contributed by atoms with van der Waals surface area (Å²) in [4.78, 5) is 0. The van der Waals surface area contributed by atoms with Gasteiger partial charge in [-0.1, -0.05) is 25.6 Å². The van der Waals surface area contributed by atoms with E-state index in [2.05, 4.69) is 37.2 Å². The van der Waals surface area contributed by atoms with Crippen LogP contribution >= 0.6 is 0 Å². The van der Waals surface area contributed by atoms with E-state index in [0.717, 1.165) is 29.1 Å². The molecule has 5 rings (SSSR count). The Hall–Kier alpha value is -1.68. The van der Waals surface area contributed by atoms with Crippen molar-refractivity contribution in [3.8, 4) is 28.7 Å². The Morgan fingerprint density at radius 3 is 2.06 bits per heavy atom. The van der Waals surface area contributed by atoms with Crippen LogP contribution in [0.1, 0.15) is 62.7 Å². The van der Waals surface area contributed by atoms with Gasteiger partial charge in [-0.2, -0.15) is 0 Å². The molecule has 0 amide bonds. The number of rotatable bonds is 8. The summed E-state index contributed by atoms with van der Waals surface area (Å²) in [7, 11) is 1.66. The molecule has 4 saturated carbocycles. The average molecular weight is 473 g/mol. The van der Waals surface area contributed by atoms with Crippen molar-refractivity contribution in [2.75, 3.05) is 27.6 Å². The predicted molar refractivity (Wildman–Crippen MR) is 133 cm³/mol. The molecule has 182 valence electrons. The van der Waals surface area contributed by atoms with Crippen molar-refractivity contribution in [2.24, 2.45) is 17.8 Å². The summed E-state index contributed by atoms with van der Waals surface area (Å²) in [5.74, 6) is 7.20. The van der Waals surface area contributed by atoms with Gasteiger partial charge in [-0.15, -0.1) is 5.54 Å². The molecule has 5 nitrogen and oxygen atoms in total. The van der Waals surface area contributed by atoms with Crippen LogP contribution in [-0.4, -0.2) is 40.8 Å².